The van der Waals surface area contributed by atoms with E-state index >= 15 is 0 Å². The van der Waals surface area contributed by atoms with E-state index in [0.717, 1.165) is 18.5 Å². The number of hydrogen-bond donors (Lipinski definition) is 1. The molecule has 2 aromatic rings. The monoisotopic (exact) mass is 326 g/mol. The molecule has 7 nitrogen and oxygen atoms in total. The Labute approximate surface area is 139 Å². The first-order valence-corrected chi connectivity index (χ1v) is 7.81. The SMILES string of the molecule is Cc1ccnc(C(NC(=O)c2cc([N+](=O)[O-])ccc2C)C2CC2)n1. The lowest BCUT2D eigenvalue weighted by Gasteiger charge is -2.18. The van der Waals surface area contributed by atoms with Gasteiger partial charge in [0.15, 0.2) is 5.82 Å². The summed E-state index contributed by atoms with van der Waals surface area (Å²) in [6.07, 6.45) is 3.70. The van der Waals surface area contributed by atoms with E-state index in [9.17, 15) is 14.9 Å². The molecule has 1 aromatic heterocycles. The van der Waals surface area contributed by atoms with Crippen LogP contribution in [0.15, 0.2) is 30.5 Å². The average molecular weight is 326 g/mol. The Morgan fingerprint density at radius 3 is 2.71 bits per heavy atom. The van der Waals surface area contributed by atoms with Crippen LogP contribution in [0, 0.1) is 29.9 Å². The number of hydrogen-bond acceptors (Lipinski definition) is 5. The number of nitrogens with one attached hydrogen (secondary N) is 1. The van der Waals surface area contributed by atoms with Crippen molar-refractivity contribution < 1.29 is 9.72 Å². The molecule has 1 N–H and O–H groups in total. The zero-order chi connectivity index (χ0) is 17.3. The van der Waals surface area contributed by atoms with Crippen molar-refractivity contribution in [2.24, 2.45) is 5.92 Å². The van der Waals surface area contributed by atoms with Crippen molar-refractivity contribution in [1.82, 2.24) is 15.3 Å². The molecule has 0 spiro atoms. The third-order valence-corrected chi connectivity index (χ3v) is 4.15. The number of carbonyl (C=O) groups excluding carboxylic acids is 1. The Balaban J connectivity index is 1.87. The topological polar surface area (TPSA) is 98.0 Å². The van der Waals surface area contributed by atoms with E-state index in [4.69, 9.17) is 0 Å². The number of non-ortho nitro benzene ring substituents is 1. The van der Waals surface area contributed by atoms with Crippen LogP contribution >= 0.6 is 0 Å². The minimum absolute atomic E-state index is 0.0967. The molecule has 1 aromatic carbocycles. The lowest BCUT2D eigenvalue weighted by molar-refractivity contribution is -0.384. The average Bonchev–Trinajstić information content (AvgIpc) is 3.37. The van der Waals surface area contributed by atoms with Gasteiger partial charge in [-0.25, -0.2) is 9.97 Å². The summed E-state index contributed by atoms with van der Waals surface area (Å²) in [6.45, 7) is 3.63. The van der Waals surface area contributed by atoms with Crippen molar-refractivity contribution in [1.29, 1.82) is 0 Å². The molecule has 1 aliphatic carbocycles. The maximum absolute atomic E-state index is 12.7. The van der Waals surface area contributed by atoms with Crippen molar-refractivity contribution in [2.75, 3.05) is 0 Å². The molecule has 1 unspecified atom stereocenters. The number of aryl methyl sites for hydroxylation is 2. The fourth-order valence-corrected chi connectivity index (χ4v) is 2.63. The molecule has 0 radical (unpaired) electrons. The Kier molecular flexibility index (Phi) is 4.24. The minimum atomic E-state index is -0.502. The Morgan fingerprint density at radius 1 is 1.33 bits per heavy atom. The molecule has 124 valence electrons. The maximum atomic E-state index is 12.7. The van der Waals surface area contributed by atoms with Crippen molar-refractivity contribution in [3.05, 3.63) is 63.2 Å². The Hall–Kier alpha value is -2.83. The minimum Gasteiger partial charge on any atom is -0.342 e. The molecule has 0 bridgehead atoms. The highest BCUT2D eigenvalue weighted by atomic mass is 16.6. The van der Waals surface area contributed by atoms with Crippen LogP contribution in [0.3, 0.4) is 0 Å². The van der Waals surface area contributed by atoms with Gasteiger partial charge in [-0.3, -0.25) is 14.9 Å². The van der Waals surface area contributed by atoms with E-state index in [-0.39, 0.29) is 17.6 Å². The Bertz CT molecular complexity index is 802. The van der Waals surface area contributed by atoms with Gasteiger partial charge in [-0.2, -0.15) is 0 Å². The standard InChI is InChI=1S/C17H18N4O3/c1-10-3-6-13(21(23)24)9-14(10)17(22)20-15(12-4-5-12)16-18-8-7-11(2)19-16/h3,6-9,12,15H,4-5H2,1-2H3,(H,20,22). The lowest BCUT2D eigenvalue weighted by Crippen LogP contribution is -2.31. The van der Waals surface area contributed by atoms with Crippen molar-refractivity contribution >= 4 is 11.6 Å². The fourth-order valence-electron chi connectivity index (χ4n) is 2.63. The zero-order valence-corrected chi connectivity index (χ0v) is 13.5. The van der Waals surface area contributed by atoms with Gasteiger partial charge in [0.05, 0.1) is 11.0 Å². The van der Waals surface area contributed by atoms with Crippen LogP contribution in [0.4, 0.5) is 5.69 Å². The summed E-state index contributed by atoms with van der Waals surface area (Å²) < 4.78 is 0. The van der Waals surface area contributed by atoms with Gasteiger partial charge >= 0.3 is 0 Å². The van der Waals surface area contributed by atoms with Gasteiger partial charge in [-0.05, 0) is 44.2 Å². The third-order valence-electron chi connectivity index (χ3n) is 4.15. The van der Waals surface area contributed by atoms with E-state index in [1.54, 1.807) is 25.3 Å². The summed E-state index contributed by atoms with van der Waals surface area (Å²) in [7, 11) is 0. The van der Waals surface area contributed by atoms with Gasteiger partial charge in [0, 0.05) is 29.6 Å². The van der Waals surface area contributed by atoms with Crippen LogP contribution in [-0.4, -0.2) is 20.8 Å². The van der Waals surface area contributed by atoms with Crippen LogP contribution in [0.1, 0.15) is 46.3 Å². The number of nitro benzene ring substituents is 1. The molecule has 3 rings (SSSR count). The molecule has 1 aliphatic rings. The van der Waals surface area contributed by atoms with E-state index in [0.29, 0.717) is 22.9 Å². The molecule has 24 heavy (non-hydrogen) atoms. The van der Waals surface area contributed by atoms with Crippen molar-refractivity contribution in [3.8, 4) is 0 Å². The predicted molar refractivity (Wildman–Crippen MR) is 87.5 cm³/mol. The normalized spacial score (nSPS) is 14.9. The lowest BCUT2D eigenvalue weighted by atomic mass is 10.1. The van der Waals surface area contributed by atoms with Gasteiger partial charge in [0.25, 0.3) is 11.6 Å². The molecule has 1 amide bonds. The molecule has 0 aliphatic heterocycles. The van der Waals surface area contributed by atoms with Gasteiger partial charge < -0.3 is 5.32 Å². The quantitative estimate of drug-likeness (QED) is 0.673. The van der Waals surface area contributed by atoms with E-state index in [1.165, 1.54) is 12.1 Å². The number of aromatic nitrogens is 2. The van der Waals surface area contributed by atoms with Crippen molar-refractivity contribution in [3.63, 3.8) is 0 Å². The summed E-state index contributed by atoms with van der Waals surface area (Å²) >= 11 is 0. The van der Waals surface area contributed by atoms with Crippen LogP contribution in [-0.2, 0) is 0 Å². The Morgan fingerprint density at radius 2 is 2.08 bits per heavy atom. The van der Waals surface area contributed by atoms with E-state index in [1.807, 2.05) is 6.92 Å². The molecule has 1 atom stereocenters. The first kappa shape index (κ1) is 16.0. The first-order chi connectivity index (χ1) is 11.5. The highest BCUT2D eigenvalue weighted by Crippen LogP contribution is 2.40. The van der Waals surface area contributed by atoms with E-state index in [2.05, 4.69) is 15.3 Å². The van der Waals surface area contributed by atoms with Gasteiger partial charge in [0.2, 0.25) is 0 Å². The first-order valence-electron chi connectivity index (χ1n) is 7.81. The second-order valence-corrected chi connectivity index (χ2v) is 6.10. The largest absolute Gasteiger partial charge is 0.342 e. The van der Waals surface area contributed by atoms with Crippen molar-refractivity contribution in [2.45, 2.75) is 32.7 Å². The van der Waals surface area contributed by atoms with Crippen LogP contribution in [0.5, 0.6) is 0 Å². The second-order valence-electron chi connectivity index (χ2n) is 6.10. The van der Waals surface area contributed by atoms with Gasteiger partial charge in [-0.1, -0.05) is 6.07 Å². The molecule has 1 heterocycles. The van der Waals surface area contributed by atoms with Crippen LogP contribution in [0.25, 0.3) is 0 Å². The number of nitrogens with zero attached hydrogens (tertiary/aromatic N) is 3. The third kappa shape index (κ3) is 3.40. The summed E-state index contributed by atoms with van der Waals surface area (Å²) in [4.78, 5) is 31.8. The number of rotatable bonds is 5. The summed E-state index contributed by atoms with van der Waals surface area (Å²) in [5, 5.41) is 13.9. The smallest absolute Gasteiger partial charge is 0.270 e. The molecular formula is C17H18N4O3. The zero-order valence-electron chi connectivity index (χ0n) is 13.5. The summed E-state index contributed by atoms with van der Waals surface area (Å²) in [6, 6.07) is 5.83. The molecule has 0 saturated heterocycles. The fraction of sp³-hybridized carbons (Fsp3) is 0.353. The van der Waals surface area contributed by atoms with E-state index < -0.39 is 4.92 Å². The molecule has 7 heteroatoms. The maximum Gasteiger partial charge on any atom is 0.270 e. The number of carbonyl (C=O) groups is 1. The highest BCUT2D eigenvalue weighted by Gasteiger charge is 2.35. The number of amides is 1. The predicted octanol–water partition coefficient (Wildman–Crippen LogP) is 2.88. The second kappa shape index (κ2) is 6.35. The number of benzene rings is 1. The van der Waals surface area contributed by atoms with Gasteiger partial charge in [0.1, 0.15) is 0 Å². The summed E-state index contributed by atoms with van der Waals surface area (Å²) in [5.41, 5.74) is 1.74. The highest BCUT2D eigenvalue weighted by molar-refractivity contribution is 5.96. The summed E-state index contributed by atoms with van der Waals surface area (Å²) in [5.74, 6) is 0.571. The van der Waals surface area contributed by atoms with Crippen LogP contribution in [0.2, 0.25) is 0 Å². The molecule has 1 saturated carbocycles. The number of nitro groups is 1. The van der Waals surface area contributed by atoms with Crippen LogP contribution < -0.4 is 5.32 Å². The van der Waals surface area contributed by atoms with Gasteiger partial charge in [-0.15, -0.1) is 0 Å². The molecule has 1 fully saturated rings. The molecular weight excluding hydrogens is 308 g/mol.